The molecule has 6 aromatic carbocycles. The zero-order valence-corrected chi connectivity index (χ0v) is 30.4. The minimum atomic E-state index is 0. The van der Waals surface area contributed by atoms with Crippen LogP contribution in [0.4, 0.5) is 0 Å². The van der Waals surface area contributed by atoms with Crippen LogP contribution in [0, 0.1) is 0 Å². The van der Waals surface area contributed by atoms with Crippen LogP contribution in [0.3, 0.4) is 0 Å². The molecule has 2 aliphatic carbocycles. The first-order valence-corrected chi connectivity index (χ1v) is 17.0. The van der Waals surface area contributed by atoms with Crippen LogP contribution in [-0.4, -0.2) is 9.52 Å². The summed E-state index contributed by atoms with van der Waals surface area (Å²) in [5.41, 5.74) is 11.2. The SMILES string of the molecule is CCCCC1=Cc2c(-c3ccc4c5c(cccc35)C=C4)cccc2C1c1cccc2c1[cH-]c1ccccc12.C[Si]C.[Cl-].[Cl-].[Zr+3]. The van der Waals surface area contributed by atoms with Gasteiger partial charge in [0.15, 0.2) is 0 Å². The molecule has 0 saturated heterocycles. The Bertz CT molecular complexity index is 1990. The first-order valence-electron chi connectivity index (χ1n) is 15.0. The number of benzene rings is 5. The Morgan fingerprint density at radius 2 is 1.34 bits per heavy atom. The summed E-state index contributed by atoms with van der Waals surface area (Å²) in [7, 11) is 1.08. The largest absolute Gasteiger partial charge is 3.00 e. The third-order valence-electron chi connectivity index (χ3n) is 8.81. The van der Waals surface area contributed by atoms with E-state index in [0.29, 0.717) is 5.92 Å². The molecule has 1 atom stereocenters. The van der Waals surface area contributed by atoms with Crippen molar-refractivity contribution in [2.75, 3.05) is 0 Å². The van der Waals surface area contributed by atoms with Crippen molar-refractivity contribution in [2.45, 2.75) is 45.2 Å². The summed E-state index contributed by atoms with van der Waals surface area (Å²) in [6.45, 7) is 6.61. The molecule has 0 saturated carbocycles. The van der Waals surface area contributed by atoms with Crippen molar-refractivity contribution in [1.82, 2.24) is 0 Å². The summed E-state index contributed by atoms with van der Waals surface area (Å²) in [6, 6.07) is 36.5. The van der Waals surface area contributed by atoms with E-state index in [9.17, 15) is 0 Å². The van der Waals surface area contributed by atoms with Crippen LogP contribution in [-0.2, 0) is 26.2 Å². The molecule has 44 heavy (non-hydrogen) atoms. The van der Waals surface area contributed by atoms with Crippen molar-refractivity contribution in [1.29, 1.82) is 0 Å². The number of rotatable bonds is 5. The average molecular weight is 706 g/mol. The van der Waals surface area contributed by atoms with Crippen LogP contribution in [0.1, 0.15) is 59.9 Å². The molecule has 0 nitrogen and oxygen atoms in total. The molecule has 0 N–H and O–H groups in total. The fraction of sp³-hybridized carbons (Fsp3) is 0.175. The maximum Gasteiger partial charge on any atom is 3.00 e. The molecule has 0 aliphatic heterocycles. The second-order valence-electron chi connectivity index (χ2n) is 11.4. The van der Waals surface area contributed by atoms with Gasteiger partial charge in [-0.15, -0.1) is 33.7 Å². The molecule has 6 aromatic rings. The van der Waals surface area contributed by atoms with Gasteiger partial charge < -0.3 is 24.8 Å². The summed E-state index contributed by atoms with van der Waals surface area (Å²) in [5, 5.41) is 8.21. The maximum atomic E-state index is 2.54. The van der Waals surface area contributed by atoms with E-state index in [1.807, 2.05) is 0 Å². The number of fused-ring (bicyclic) bond motifs is 4. The standard InChI is InChI=1S/C38H29.C2H6Si.2ClH.Zr/c1-2-3-9-27-23-36-30(31-21-20-25-19-18-24-11-6-15-32(31)37(24)25)14-8-17-34(36)38(27)33-16-7-13-29-28-12-5-4-10-26(28)22-35(29)33;1-3-2;;;/h4-8,10-23,38H,2-3,9H2,1H3;1-2H3;2*1H;/q-1;;;;+3/p-2. The van der Waals surface area contributed by atoms with Gasteiger partial charge in [-0.25, -0.2) is 0 Å². The molecule has 8 rings (SSSR count). The molecule has 0 spiro atoms. The van der Waals surface area contributed by atoms with E-state index in [1.54, 1.807) is 5.57 Å². The molecular weight excluding hydrogens is 671 g/mol. The van der Waals surface area contributed by atoms with Crippen molar-refractivity contribution in [3.63, 3.8) is 0 Å². The molecule has 4 heteroatoms. The van der Waals surface area contributed by atoms with Crippen LogP contribution in [0.5, 0.6) is 0 Å². The number of halogens is 2. The van der Waals surface area contributed by atoms with Crippen LogP contribution >= 0.6 is 0 Å². The third-order valence-corrected chi connectivity index (χ3v) is 8.81. The van der Waals surface area contributed by atoms with Crippen molar-refractivity contribution in [2.24, 2.45) is 0 Å². The number of hydrogen-bond acceptors (Lipinski definition) is 0. The monoisotopic (exact) mass is 703 g/mol. The minimum absolute atomic E-state index is 0. The van der Waals surface area contributed by atoms with E-state index in [0.717, 1.165) is 15.9 Å². The molecule has 0 fully saturated rings. The second kappa shape index (κ2) is 14.7. The third kappa shape index (κ3) is 5.76. The van der Waals surface area contributed by atoms with Gasteiger partial charge >= 0.3 is 26.2 Å². The summed E-state index contributed by atoms with van der Waals surface area (Å²) in [5.74, 6) is 0.301. The van der Waals surface area contributed by atoms with Crippen molar-refractivity contribution >= 4 is 60.1 Å². The Balaban J connectivity index is 0.000000710. The van der Waals surface area contributed by atoms with Crippen LogP contribution in [0.2, 0.25) is 13.1 Å². The molecule has 217 valence electrons. The van der Waals surface area contributed by atoms with Gasteiger partial charge in [-0.2, -0.15) is 0 Å². The van der Waals surface area contributed by atoms with E-state index in [4.69, 9.17) is 0 Å². The number of allylic oxidation sites excluding steroid dienone is 1. The summed E-state index contributed by atoms with van der Waals surface area (Å²) < 4.78 is 0. The Kier molecular flexibility index (Phi) is 11.4. The first kappa shape index (κ1) is 34.3. The smallest absolute Gasteiger partial charge is 1.00 e. The van der Waals surface area contributed by atoms with Gasteiger partial charge in [0.25, 0.3) is 0 Å². The van der Waals surface area contributed by atoms with E-state index in [1.165, 1.54) is 84.1 Å². The summed E-state index contributed by atoms with van der Waals surface area (Å²) >= 11 is 0. The molecule has 0 amide bonds. The molecule has 1 unspecified atom stereocenters. The molecule has 0 heterocycles. The maximum absolute atomic E-state index is 2.54. The average Bonchev–Trinajstić information content (AvgIpc) is 3.71. The Morgan fingerprint density at radius 3 is 2.14 bits per heavy atom. The fourth-order valence-electron chi connectivity index (χ4n) is 7.07. The van der Waals surface area contributed by atoms with Crippen LogP contribution in [0.25, 0.3) is 61.7 Å². The van der Waals surface area contributed by atoms with Crippen LogP contribution in [0.15, 0.2) is 103 Å². The van der Waals surface area contributed by atoms with Gasteiger partial charge in [0.1, 0.15) is 0 Å². The van der Waals surface area contributed by atoms with Crippen molar-refractivity contribution in [3.05, 3.63) is 130 Å². The number of unbranched alkanes of at least 4 members (excludes halogenated alkanes) is 1. The predicted molar refractivity (Wildman–Crippen MR) is 182 cm³/mol. The normalized spacial score (nSPS) is 13.9. The van der Waals surface area contributed by atoms with Gasteiger partial charge in [0.2, 0.25) is 0 Å². The molecular formula is C40H35Cl2SiZr. The minimum Gasteiger partial charge on any atom is -1.00 e. The molecule has 0 aromatic heterocycles. The van der Waals surface area contributed by atoms with E-state index >= 15 is 0 Å². The quantitative estimate of drug-likeness (QED) is 0.164. The predicted octanol–water partition coefficient (Wildman–Crippen LogP) is 5.53. The van der Waals surface area contributed by atoms with E-state index < -0.39 is 0 Å². The van der Waals surface area contributed by atoms with Gasteiger partial charge in [0, 0.05) is 15.4 Å². The Labute approximate surface area is 295 Å². The van der Waals surface area contributed by atoms with Gasteiger partial charge in [-0.3, -0.25) is 0 Å². The molecule has 3 radical (unpaired) electrons. The molecule has 2 aliphatic rings. The van der Waals surface area contributed by atoms with Gasteiger partial charge in [0.05, 0.1) is 0 Å². The van der Waals surface area contributed by atoms with E-state index in [2.05, 4.69) is 135 Å². The zero-order valence-electron chi connectivity index (χ0n) is 25.4. The Hall–Kier alpha value is -2.61. The summed E-state index contributed by atoms with van der Waals surface area (Å²) in [6.07, 6.45) is 10.6. The topological polar surface area (TPSA) is 0 Å². The second-order valence-corrected chi connectivity index (χ2v) is 12.4. The van der Waals surface area contributed by atoms with Gasteiger partial charge in [-0.05, 0) is 57.0 Å². The summed E-state index contributed by atoms with van der Waals surface area (Å²) in [4.78, 5) is 0. The fourth-order valence-corrected chi connectivity index (χ4v) is 7.07. The van der Waals surface area contributed by atoms with Crippen LogP contribution < -0.4 is 24.8 Å². The van der Waals surface area contributed by atoms with Crippen molar-refractivity contribution < 1.29 is 51.0 Å². The molecule has 0 bridgehead atoms. The number of hydrogen-bond donors (Lipinski definition) is 0. The van der Waals surface area contributed by atoms with E-state index in [-0.39, 0.29) is 51.0 Å². The zero-order chi connectivity index (χ0) is 27.9. The van der Waals surface area contributed by atoms with Gasteiger partial charge in [-0.1, -0.05) is 141 Å². The van der Waals surface area contributed by atoms with Crippen molar-refractivity contribution in [3.8, 4) is 11.1 Å². The Morgan fingerprint density at radius 1 is 0.682 bits per heavy atom. The first-order chi connectivity index (χ1) is 20.2.